The van der Waals surface area contributed by atoms with E-state index >= 15 is 0 Å². The molecule has 0 fully saturated rings. The molecule has 218 valence electrons. The lowest BCUT2D eigenvalue weighted by Crippen LogP contribution is -2.39. The molecule has 3 aromatic heterocycles. The minimum Gasteiger partial charge on any atom is -0.390 e. The molecule has 40 heavy (non-hydrogen) atoms. The van der Waals surface area contributed by atoms with Crippen LogP contribution in [0.2, 0.25) is 0 Å². The van der Waals surface area contributed by atoms with Gasteiger partial charge in [0.15, 0.2) is 0 Å². The van der Waals surface area contributed by atoms with Crippen molar-refractivity contribution in [2.24, 2.45) is 16.6 Å². The van der Waals surface area contributed by atoms with Crippen molar-refractivity contribution in [1.29, 1.82) is 0 Å². The Morgan fingerprint density at radius 3 is 2.73 bits per heavy atom. The van der Waals surface area contributed by atoms with Gasteiger partial charge in [0.2, 0.25) is 6.41 Å². The number of aryl methyl sites for hydroxylation is 1. The van der Waals surface area contributed by atoms with E-state index in [9.17, 15) is 9.90 Å². The average molecular weight is 550 g/mol. The van der Waals surface area contributed by atoms with Gasteiger partial charge in [-0.15, -0.1) is 0 Å². The second-order valence-corrected chi connectivity index (χ2v) is 12.7. The summed E-state index contributed by atoms with van der Waals surface area (Å²) < 4.78 is 2.02. The summed E-state index contributed by atoms with van der Waals surface area (Å²) in [4.78, 5) is 23.3. The Morgan fingerprint density at radius 2 is 1.98 bits per heavy atom. The number of carbonyl (C=O) groups excluding carboxylic acids is 1. The molecule has 0 radical (unpaired) electrons. The molecule has 3 heterocycles. The topological polar surface area (TPSA) is 121 Å². The van der Waals surface area contributed by atoms with Gasteiger partial charge in [0.05, 0.1) is 29.7 Å². The van der Waals surface area contributed by atoms with Gasteiger partial charge >= 0.3 is 0 Å². The van der Waals surface area contributed by atoms with E-state index in [4.69, 9.17) is 15.7 Å². The van der Waals surface area contributed by atoms with Gasteiger partial charge in [-0.25, -0.2) is 4.98 Å². The molecule has 9 heteroatoms. The Balaban J connectivity index is 1.67. The van der Waals surface area contributed by atoms with Crippen LogP contribution in [-0.2, 0) is 24.4 Å². The first kappa shape index (κ1) is 30.0. The van der Waals surface area contributed by atoms with Crippen molar-refractivity contribution in [2.45, 2.75) is 79.0 Å². The number of anilines is 1. The number of nitrogens with two attached hydrogens (primary N) is 1. The summed E-state index contributed by atoms with van der Waals surface area (Å²) in [5, 5.41) is 16.8. The second-order valence-electron chi connectivity index (χ2n) is 12.7. The summed E-state index contributed by atoms with van der Waals surface area (Å²) in [6.07, 6.45) is 7.93. The maximum atomic E-state index is 10.9. The average Bonchev–Trinajstić information content (AvgIpc) is 3.31. The molecule has 1 unspecified atom stereocenters. The van der Waals surface area contributed by atoms with Gasteiger partial charge in [-0.3, -0.25) is 19.1 Å². The van der Waals surface area contributed by atoms with Crippen LogP contribution in [0.4, 0.5) is 5.82 Å². The lowest BCUT2D eigenvalue weighted by molar-refractivity contribution is -0.109. The molecule has 1 aliphatic carbocycles. The van der Waals surface area contributed by atoms with Crippen LogP contribution < -0.4 is 16.4 Å². The molecule has 1 atom stereocenters. The highest BCUT2D eigenvalue weighted by Gasteiger charge is 2.33. The quantitative estimate of drug-likeness (QED) is 0.211. The predicted octanol–water partition coefficient (Wildman–Crippen LogP) is 4.05. The molecule has 0 spiro atoms. The molecular formula is C31H47N7O2. The number of rotatable bonds is 15. The van der Waals surface area contributed by atoms with Crippen LogP contribution in [0.15, 0.2) is 36.5 Å². The number of hydrogen-bond donors (Lipinski definition) is 4. The van der Waals surface area contributed by atoms with Gasteiger partial charge < -0.3 is 21.5 Å². The van der Waals surface area contributed by atoms with Gasteiger partial charge in [-0.1, -0.05) is 39.8 Å². The minimum atomic E-state index is -0.105. The predicted molar refractivity (Wildman–Crippen MR) is 160 cm³/mol. The van der Waals surface area contributed by atoms with Crippen molar-refractivity contribution in [1.82, 2.24) is 24.6 Å². The van der Waals surface area contributed by atoms with Crippen LogP contribution in [0.3, 0.4) is 0 Å². The highest BCUT2D eigenvalue weighted by Crippen LogP contribution is 2.38. The molecule has 3 aromatic rings. The van der Waals surface area contributed by atoms with Crippen LogP contribution >= 0.6 is 0 Å². The Hall–Kier alpha value is -3.01. The summed E-state index contributed by atoms with van der Waals surface area (Å²) in [5.41, 5.74) is 10.8. The maximum Gasteiger partial charge on any atom is 0.207 e. The van der Waals surface area contributed by atoms with Crippen LogP contribution in [0.1, 0.15) is 82.1 Å². The van der Waals surface area contributed by atoms with Gasteiger partial charge in [-0.2, -0.15) is 0 Å². The first-order chi connectivity index (χ1) is 19.2. The SMILES string of the molecule is CC(C)(CCC(C)(C)CN(Cc1nc2cccc(NCCN)n2c1CO)C1CCCc2cccnc21)CNC=O. The Labute approximate surface area is 238 Å². The highest BCUT2D eigenvalue weighted by molar-refractivity contribution is 5.53. The standard InChI is InChI=1S/C31H47N7O2/c1-30(2,20-33-22-40)13-14-31(3,4)21-37(25-10-5-8-23-9-7-16-35-29(23)25)18-24-26(19-39)38-27(34-17-15-32)11-6-12-28(38)36-24/h6-7,9,11-12,16,22,25,34,39H,5,8,10,13-15,17-21,32H2,1-4H3,(H,33,40). The highest BCUT2D eigenvalue weighted by atomic mass is 16.3. The third-order valence-corrected chi connectivity index (χ3v) is 8.15. The fourth-order valence-corrected chi connectivity index (χ4v) is 5.95. The minimum absolute atomic E-state index is 0.0111. The van der Waals surface area contributed by atoms with E-state index in [1.807, 2.05) is 34.9 Å². The lowest BCUT2D eigenvalue weighted by atomic mass is 9.78. The fourth-order valence-electron chi connectivity index (χ4n) is 5.95. The number of carbonyl (C=O) groups is 1. The summed E-state index contributed by atoms with van der Waals surface area (Å²) in [5.74, 6) is 0.883. The molecule has 0 aromatic carbocycles. The first-order valence-electron chi connectivity index (χ1n) is 14.6. The molecule has 4 rings (SSSR count). The van der Waals surface area contributed by atoms with Gasteiger partial charge in [0.1, 0.15) is 11.5 Å². The summed E-state index contributed by atoms with van der Waals surface area (Å²) >= 11 is 0. The van der Waals surface area contributed by atoms with E-state index in [1.165, 1.54) is 11.3 Å². The van der Waals surface area contributed by atoms with Crippen molar-refractivity contribution >= 4 is 17.9 Å². The molecule has 0 aliphatic heterocycles. The molecule has 0 saturated heterocycles. The monoisotopic (exact) mass is 549 g/mol. The number of fused-ring (bicyclic) bond motifs is 2. The Kier molecular flexibility index (Phi) is 9.81. The van der Waals surface area contributed by atoms with E-state index in [2.05, 4.69) is 49.3 Å². The largest absolute Gasteiger partial charge is 0.390 e. The van der Waals surface area contributed by atoms with Crippen LogP contribution in [0.5, 0.6) is 0 Å². The number of hydrogen-bond acceptors (Lipinski definition) is 7. The summed E-state index contributed by atoms with van der Waals surface area (Å²) in [7, 11) is 0. The van der Waals surface area contributed by atoms with Gasteiger partial charge in [0.25, 0.3) is 0 Å². The summed E-state index contributed by atoms with van der Waals surface area (Å²) in [6.45, 7) is 12.3. The number of aromatic nitrogens is 3. The zero-order valence-corrected chi connectivity index (χ0v) is 24.6. The Morgan fingerprint density at radius 1 is 1.18 bits per heavy atom. The zero-order valence-electron chi connectivity index (χ0n) is 24.6. The number of nitrogens with one attached hydrogen (secondary N) is 2. The third-order valence-electron chi connectivity index (χ3n) is 8.15. The molecule has 1 amide bonds. The maximum absolute atomic E-state index is 10.9. The van der Waals surface area contributed by atoms with Crippen molar-refractivity contribution < 1.29 is 9.90 Å². The number of aliphatic hydroxyl groups excluding tert-OH is 1. The molecule has 0 bridgehead atoms. The smallest absolute Gasteiger partial charge is 0.207 e. The normalized spacial score (nSPS) is 15.8. The lowest BCUT2D eigenvalue weighted by Gasteiger charge is -2.40. The van der Waals surface area contributed by atoms with Crippen molar-refractivity contribution in [3.8, 4) is 0 Å². The van der Waals surface area contributed by atoms with Crippen LogP contribution in [0, 0.1) is 10.8 Å². The zero-order chi connectivity index (χ0) is 28.8. The number of nitrogens with zero attached hydrogens (tertiary/aromatic N) is 4. The number of aliphatic hydroxyl groups is 1. The van der Waals surface area contributed by atoms with E-state index in [1.54, 1.807) is 0 Å². The molecule has 1 aliphatic rings. The van der Waals surface area contributed by atoms with E-state index in [-0.39, 0.29) is 23.5 Å². The number of amides is 1. The fraction of sp³-hybridized carbons (Fsp3) is 0.581. The molecule has 5 N–H and O–H groups in total. The van der Waals surface area contributed by atoms with E-state index < -0.39 is 0 Å². The van der Waals surface area contributed by atoms with Gasteiger partial charge in [-0.05, 0) is 66.7 Å². The first-order valence-corrected chi connectivity index (χ1v) is 14.6. The molecule has 9 nitrogen and oxygen atoms in total. The van der Waals surface area contributed by atoms with Crippen LogP contribution in [0.25, 0.3) is 5.65 Å². The number of imidazole rings is 1. The number of pyridine rings is 2. The van der Waals surface area contributed by atoms with Crippen molar-refractivity contribution in [2.75, 3.05) is 31.5 Å². The van der Waals surface area contributed by atoms with Crippen molar-refractivity contribution in [3.63, 3.8) is 0 Å². The Bertz CT molecular complexity index is 1270. The van der Waals surface area contributed by atoms with E-state index in [0.717, 1.165) is 67.9 Å². The van der Waals surface area contributed by atoms with Crippen molar-refractivity contribution in [3.05, 3.63) is 59.2 Å². The third kappa shape index (κ3) is 7.19. The molecule has 0 saturated carbocycles. The summed E-state index contributed by atoms with van der Waals surface area (Å²) in [6, 6.07) is 10.4. The van der Waals surface area contributed by atoms with E-state index in [0.29, 0.717) is 26.2 Å². The molecular weight excluding hydrogens is 502 g/mol. The second kappa shape index (κ2) is 13.1. The van der Waals surface area contributed by atoms with Crippen LogP contribution in [-0.4, -0.2) is 57.0 Å². The van der Waals surface area contributed by atoms with Gasteiger partial charge in [0, 0.05) is 38.9 Å².